The fraction of sp³-hybridized carbons (Fsp3) is 0.364. The average Bonchev–Trinajstić information content (AvgIpc) is 2.29. The van der Waals surface area contributed by atoms with Crippen LogP contribution in [0.5, 0.6) is 0 Å². The summed E-state index contributed by atoms with van der Waals surface area (Å²) in [6.45, 7) is 1.74. The van der Waals surface area contributed by atoms with Crippen LogP contribution < -0.4 is 0 Å². The predicted molar refractivity (Wildman–Crippen MR) is 52.3 cm³/mol. The molecule has 6 heteroatoms. The van der Waals surface area contributed by atoms with E-state index < -0.39 is 23.9 Å². The van der Waals surface area contributed by atoms with Crippen LogP contribution in [0.25, 0.3) is 0 Å². The number of hydrogen-bond acceptors (Lipinski definition) is 2. The first-order valence-electron chi connectivity index (χ1n) is 4.83. The highest BCUT2D eigenvalue weighted by molar-refractivity contribution is 5.89. The van der Waals surface area contributed by atoms with Crippen molar-refractivity contribution in [2.45, 2.75) is 19.3 Å². The Morgan fingerprint density at radius 2 is 1.82 bits per heavy atom. The number of rotatable bonds is 4. The maximum atomic E-state index is 12.9. The van der Waals surface area contributed by atoms with E-state index in [4.69, 9.17) is 0 Å². The average molecular weight is 250 g/mol. The van der Waals surface area contributed by atoms with Crippen LogP contribution in [-0.4, -0.2) is 19.0 Å². The molecular weight excluding hydrogens is 240 g/mol. The highest BCUT2D eigenvalue weighted by Gasteiger charge is 2.42. The molecule has 0 amide bonds. The van der Waals surface area contributed by atoms with Gasteiger partial charge in [0.25, 0.3) is 0 Å². The van der Waals surface area contributed by atoms with Crippen molar-refractivity contribution in [1.82, 2.24) is 0 Å². The van der Waals surface area contributed by atoms with E-state index in [1.54, 1.807) is 6.92 Å². The lowest BCUT2D eigenvalue weighted by molar-refractivity contribution is -0.135. The fourth-order valence-corrected chi connectivity index (χ4v) is 1.17. The largest absolute Gasteiger partial charge is 0.462 e. The Labute approximate surface area is 95.2 Å². The first kappa shape index (κ1) is 13.5. The summed E-state index contributed by atoms with van der Waals surface area (Å²) in [5.74, 6) is -4.90. The van der Waals surface area contributed by atoms with Crippen LogP contribution in [0.3, 0.4) is 0 Å². The molecule has 0 aliphatic rings. The molecule has 1 aromatic rings. The first-order chi connectivity index (χ1) is 7.89. The second-order valence-electron chi connectivity index (χ2n) is 3.22. The van der Waals surface area contributed by atoms with Gasteiger partial charge in [-0.3, -0.25) is 0 Å². The van der Waals surface area contributed by atoms with E-state index >= 15 is 0 Å². The van der Waals surface area contributed by atoms with Crippen molar-refractivity contribution >= 4 is 5.97 Å². The minimum Gasteiger partial charge on any atom is -0.462 e. The van der Waals surface area contributed by atoms with Crippen molar-refractivity contribution < 1.29 is 27.1 Å². The molecule has 0 aliphatic heterocycles. The standard InChI is InChI=1S/C11H10F4O2/c1-2-17-9(16)7-3-5-8(6-4-7)11(14,15)10(12)13/h3-6,10H,2H2,1H3. The summed E-state index contributed by atoms with van der Waals surface area (Å²) in [7, 11) is 0. The molecule has 0 aromatic heterocycles. The molecule has 0 unspecified atom stereocenters. The lowest BCUT2D eigenvalue weighted by atomic mass is 10.1. The third-order valence-electron chi connectivity index (χ3n) is 2.05. The quantitative estimate of drug-likeness (QED) is 0.605. The third-order valence-corrected chi connectivity index (χ3v) is 2.05. The van der Waals surface area contributed by atoms with Crippen LogP contribution in [0.2, 0.25) is 0 Å². The topological polar surface area (TPSA) is 26.3 Å². The van der Waals surface area contributed by atoms with Crippen molar-refractivity contribution in [3.8, 4) is 0 Å². The Kier molecular flexibility index (Phi) is 4.09. The zero-order valence-electron chi connectivity index (χ0n) is 8.92. The predicted octanol–water partition coefficient (Wildman–Crippen LogP) is 3.22. The summed E-state index contributed by atoms with van der Waals surface area (Å²) >= 11 is 0. The molecule has 0 fully saturated rings. The van der Waals surface area contributed by atoms with Gasteiger partial charge in [-0.1, -0.05) is 12.1 Å². The van der Waals surface area contributed by atoms with E-state index in [9.17, 15) is 22.4 Å². The molecule has 94 valence electrons. The number of halogens is 4. The molecule has 0 N–H and O–H groups in total. The van der Waals surface area contributed by atoms with Gasteiger partial charge < -0.3 is 4.74 Å². The number of carbonyl (C=O) groups excluding carboxylic acids is 1. The molecule has 0 saturated heterocycles. The van der Waals surface area contributed by atoms with E-state index in [1.165, 1.54) is 0 Å². The minimum absolute atomic E-state index is 0.0423. The number of hydrogen-bond donors (Lipinski definition) is 0. The Hall–Kier alpha value is -1.59. The molecule has 1 aromatic carbocycles. The number of carbonyl (C=O) groups is 1. The number of alkyl halides is 4. The van der Waals surface area contributed by atoms with Crippen molar-refractivity contribution in [3.05, 3.63) is 35.4 Å². The normalized spacial score (nSPS) is 11.6. The van der Waals surface area contributed by atoms with Crippen LogP contribution in [-0.2, 0) is 10.7 Å². The number of ether oxygens (including phenoxy) is 1. The van der Waals surface area contributed by atoms with Crippen LogP contribution in [0.15, 0.2) is 24.3 Å². The SMILES string of the molecule is CCOC(=O)c1ccc(C(F)(F)C(F)F)cc1. The Bertz CT molecular complexity index is 387. The van der Waals surface area contributed by atoms with Crippen molar-refractivity contribution in [3.63, 3.8) is 0 Å². The molecule has 1 rings (SSSR count). The van der Waals surface area contributed by atoms with Gasteiger partial charge in [-0.25, -0.2) is 13.6 Å². The van der Waals surface area contributed by atoms with E-state index in [2.05, 4.69) is 4.74 Å². The van der Waals surface area contributed by atoms with Crippen LogP contribution >= 0.6 is 0 Å². The molecule has 0 heterocycles. The zero-order chi connectivity index (χ0) is 13.1. The molecule has 0 atom stereocenters. The Balaban J connectivity index is 2.92. The summed E-state index contributed by atoms with van der Waals surface area (Å²) in [5.41, 5.74) is -0.791. The van der Waals surface area contributed by atoms with Crippen LogP contribution in [0, 0.1) is 0 Å². The van der Waals surface area contributed by atoms with Gasteiger partial charge in [-0.2, -0.15) is 8.78 Å². The highest BCUT2D eigenvalue weighted by atomic mass is 19.3. The molecule has 0 aliphatic carbocycles. The maximum absolute atomic E-state index is 12.9. The van der Waals surface area contributed by atoms with E-state index in [0.29, 0.717) is 0 Å². The Morgan fingerprint density at radius 1 is 1.29 bits per heavy atom. The van der Waals surface area contributed by atoms with E-state index in [0.717, 1.165) is 24.3 Å². The Morgan fingerprint density at radius 3 is 2.24 bits per heavy atom. The summed E-state index contributed by atoms with van der Waals surface area (Å²) < 4.78 is 54.5. The second kappa shape index (κ2) is 5.16. The molecule has 0 spiro atoms. The van der Waals surface area contributed by atoms with Gasteiger partial charge >= 0.3 is 18.3 Å². The van der Waals surface area contributed by atoms with E-state index in [1.807, 2.05) is 0 Å². The summed E-state index contributed by atoms with van der Waals surface area (Å²) in [6.07, 6.45) is -3.78. The van der Waals surface area contributed by atoms with Crippen LogP contribution in [0.4, 0.5) is 17.6 Å². The maximum Gasteiger partial charge on any atom is 0.338 e. The lowest BCUT2D eigenvalue weighted by Crippen LogP contribution is -2.23. The van der Waals surface area contributed by atoms with Gasteiger partial charge in [0, 0.05) is 5.56 Å². The van der Waals surface area contributed by atoms with E-state index in [-0.39, 0.29) is 12.2 Å². The summed E-state index contributed by atoms with van der Waals surface area (Å²) in [5, 5.41) is 0. The summed E-state index contributed by atoms with van der Waals surface area (Å²) in [4.78, 5) is 11.2. The van der Waals surface area contributed by atoms with Gasteiger partial charge in [0.15, 0.2) is 0 Å². The smallest absolute Gasteiger partial charge is 0.338 e. The monoisotopic (exact) mass is 250 g/mol. The second-order valence-corrected chi connectivity index (χ2v) is 3.22. The molecular formula is C11H10F4O2. The lowest BCUT2D eigenvalue weighted by Gasteiger charge is -2.15. The van der Waals surface area contributed by atoms with Gasteiger partial charge in [0.05, 0.1) is 12.2 Å². The molecule has 0 saturated carbocycles. The van der Waals surface area contributed by atoms with Gasteiger partial charge in [-0.15, -0.1) is 0 Å². The van der Waals surface area contributed by atoms with Gasteiger partial charge in [0.2, 0.25) is 0 Å². The zero-order valence-corrected chi connectivity index (χ0v) is 8.92. The first-order valence-corrected chi connectivity index (χ1v) is 4.83. The molecule has 2 nitrogen and oxygen atoms in total. The van der Waals surface area contributed by atoms with Crippen molar-refractivity contribution in [2.24, 2.45) is 0 Å². The highest BCUT2D eigenvalue weighted by Crippen LogP contribution is 2.34. The summed E-state index contributed by atoms with van der Waals surface area (Å²) in [6, 6.07) is 3.64. The van der Waals surface area contributed by atoms with Crippen LogP contribution in [0.1, 0.15) is 22.8 Å². The minimum atomic E-state index is -4.22. The van der Waals surface area contributed by atoms with Gasteiger partial charge in [0.1, 0.15) is 0 Å². The van der Waals surface area contributed by atoms with Crippen molar-refractivity contribution in [1.29, 1.82) is 0 Å². The third kappa shape index (κ3) is 2.95. The fourth-order valence-electron chi connectivity index (χ4n) is 1.17. The van der Waals surface area contributed by atoms with Gasteiger partial charge in [-0.05, 0) is 19.1 Å². The molecule has 17 heavy (non-hydrogen) atoms. The number of benzene rings is 1. The molecule has 0 radical (unpaired) electrons. The van der Waals surface area contributed by atoms with Crippen molar-refractivity contribution in [2.75, 3.05) is 6.61 Å². The molecule has 0 bridgehead atoms. The number of esters is 1.